The molecular weight excluding hydrogens is 226 g/mol. The van der Waals surface area contributed by atoms with Gasteiger partial charge in [0.05, 0.1) is 0 Å². The maximum absolute atomic E-state index is 12.4. The van der Waals surface area contributed by atoms with E-state index in [0.29, 0.717) is 12.1 Å². The molecule has 1 amide bonds. The summed E-state index contributed by atoms with van der Waals surface area (Å²) in [6.45, 7) is 1.81. The number of halogens is 2. The number of rotatable bonds is 5. The van der Waals surface area contributed by atoms with E-state index in [1.807, 2.05) is 6.92 Å². The molecule has 0 spiro atoms. The van der Waals surface area contributed by atoms with E-state index in [1.54, 1.807) is 6.07 Å². The van der Waals surface area contributed by atoms with Crippen LogP contribution in [0.3, 0.4) is 0 Å². The SMILES string of the molecule is CC(N)CCC(=O)Nc1cccc(C(F)F)c1. The number of alkyl halides is 2. The van der Waals surface area contributed by atoms with Gasteiger partial charge in [-0.3, -0.25) is 4.79 Å². The van der Waals surface area contributed by atoms with Crippen LogP contribution in [0.25, 0.3) is 0 Å². The first-order valence-corrected chi connectivity index (χ1v) is 5.42. The molecule has 0 radical (unpaired) electrons. The quantitative estimate of drug-likeness (QED) is 0.834. The van der Waals surface area contributed by atoms with Crippen LogP contribution in [-0.2, 0) is 4.79 Å². The van der Waals surface area contributed by atoms with Crippen LogP contribution >= 0.6 is 0 Å². The molecule has 5 heteroatoms. The second-order valence-corrected chi connectivity index (χ2v) is 3.99. The summed E-state index contributed by atoms with van der Waals surface area (Å²) in [6.07, 6.45) is -1.67. The molecule has 0 fully saturated rings. The number of anilines is 1. The normalized spacial score (nSPS) is 12.5. The van der Waals surface area contributed by atoms with E-state index in [0.717, 1.165) is 0 Å². The summed E-state index contributed by atoms with van der Waals surface area (Å²) in [5, 5.41) is 2.56. The fraction of sp³-hybridized carbons (Fsp3) is 0.417. The van der Waals surface area contributed by atoms with Gasteiger partial charge in [0, 0.05) is 23.7 Å². The second kappa shape index (κ2) is 6.30. The third kappa shape index (κ3) is 4.91. The van der Waals surface area contributed by atoms with Crippen LogP contribution in [0, 0.1) is 0 Å². The van der Waals surface area contributed by atoms with Gasteiger partial charge in [-0.25, -0.2) is 8.78 Å². The molecule has 0 aliphatic heterocycles. The summed E-state index contributed by atoms with van der Waals surface area (Å²) in [5.41, 5.74) is 5.80. The van der Waals surface area contributed by atoms with E-state index in [1.165, 1.54) is 18.2 Å². The van der Waals surface area contributed by atoms with Crippen molar-refractivity contribution in [2.45, 2.75) is 32.2 Å². The lowest BCUT2D eigenvalue weighted by atomic mass is 10.1. The van der Waals surface area contributed by atoms with Crippen molar-refractivity contribution in [1.29, 1.82) is 0 Å². The average Bonchev–Trinajstić information content (AvgIpc) is 2.26. The lowest BCUT2D eigenvalue weighted by Crippen LogP contribution is -2.19. The Morgan fingerprint density at radius 1 is 1.47 bits per heavy atom. The van der Waals surface area contributed by atoms with E-state index in [4.69, 9.17) is 5.73 Å². The van der Waals surface area contributed by atoms with Gasteiger partial charge in [-0.2, -0.15) is 0 Å². The molecule has 94 valence electrons. The second-order valence-electron chi connectivity index (χ2n) is 3.99. The topological polar surface area (TPSA) is 55.1 Å². The molecular formula is C12H16F2N2O. The third-order valence-corrected chi connectivity index (χ3v) is 2.25. The molecule has 0 bridgehead atoms. The van der Waals surface area contributed by atoms with Crippen molar-refractivity contribution in [1.82, 2.24) is 0 Å². The van der Waals surface area contributed by atoms with Gasteiger partial charge in [0.2, 0.25) is 5.91 Å². The van der Waals surface area contributed by atoms with Gasteiger partial charge >= 0.3 is 0 Å². The summed E-state index contributed by atoms with van der Waals surface area (Å²) in [4.78, 5) is 11.4. The first-order chi connectivity index (χ1) is 7.99. The molecule has 0 aromatic heterocycles. The number of nitrogens with two attached hydrogens (primary N) is 1. The Bertz CT molecular complexity index is 381. The Kier molecular flexibility index (Phi) is 5.03. The molecule has 0 saturated carbocycles. The molecule has 3 N–H and O–H groups in total. The van der Waals surface area contributed by atoms with E-state index >= 15 is 0 Å². The van der Waals surface area contributed by atoms with Gasteiger partial charge in [-0.1, -0.05) is 12.1 Å². The van der Waals surface area contributed by atoms with Crippen LogP contribution in [-0.4, -0.2) is 11.9 Å². The van der Waals surface area contributed by atoms with Gasteiger partial charge < -0.3 is 11.1 Å². The van der Waals surface area contributed by atoms with Gasteiger partial charge in [-0.05, 0) is 25.5 Å². The number of amides is 1. The minimum Gasteiger partial charge on any atom is -0.328 e. The van der Waals surface area contributed by atoms with Crippen LogP contribution in [0.5, 0.6) is 0 Å². The largest absolute Gasteiger partial charge is 0.328 e. The van der Waals surface area contributed by atoms with Gasteiger partial charge in [0.25, 0.3) is 6.43 Å². The zero-order valence-corrected chi connectivity index (χ0v) is 9.62. The van der Waals surface area contributed by atoms with Crippen molar-refractivity contribution >= 4 is 11.6 Å². The highest BCUT2D eigenvalue weighted by Crippen LogP contribution is 2.21. The van der Waals surface area contributed by atoms with Gasteiger partial charge in [0.15, 0.2) is 0 Å². The number of hydrogen-bond donors (Lipinski definition) is 2. The number of carbonyl (C=O) groups is 1. The molecule has 17 heavy (non-hydrogen) atoms. The first kappa shape index (κ1) is 13.6. The molecule has 1 aromatic rings. The Hall–Kier alpha value is -1.49. The van der Waals surface area contributed by atoms with Crippen molar-refractivity contribution in [3.05, 3.63) is 29.8 Å². The molecule has 0 aliphatic rings. The van der Waals surface area contributed by atoms with Crippen LogP contribution < -0.4 is 11.1 Å². The van der Waals surface area contributed by atoms with E-state index in [2.05, 4.69) is 5.32 Å². The lowest BCUT2D eigenvalue weighted by Gasteiger charge is -2.08. The van der Waals surface area contributed by atoms with Gasteiger partial charge in [0.1, 0.15) is 0 Å². The minimum atomic E-state index is -2.53. The number of nitrogens with one attached hydrogen (secondary N) is 1. The fourth-order valence-corrected chi connectivity index (χ4v) is 1.33. The molecule has 1 atom stereocenters. The molecule has 0 aliphatic carbocycles. The van der Waals surface area contributed by atoms with Crippen molar-refractivity contribution < 1.29 is 13.6 Å². The zero-order chi connectivity index (χ0) is 12.8. The van der Waals surface area contributed by atoms with E-state index in [-0.39, 0.29) is 23.9 Å². The van der Waals surface area contributed by atoms with E-state index in [9.17, 15) is 13.6 Å². The Balaban J connectivity index is 2.56. The van der Waals surface area contributed by atoms with E-state index < -0.39 is 6.43 Å². The number of benzene rings is 1. The van der Waals surface area contributed by atoms with Crippen molar-refractivity contribution in [2.75, 3.05) is 5.32 Å². The van der Waals surface area contributed by atoms with Crippen molar-refractivity contribution in [3.8, 4) is 0 Å². The molecule has 0 heterocycles. The monoisotopic (exact) mass is 242 g/mol. The average molecular weight is 242 g/mol. The molecule has 3 nitrogen and oxygen atoms in total. The summed E-state index contributed by atoms with van der Waals surface area (Å²) in [6, 6.07) is 5.61. The zero-order valence-electron chi connectivity index (χ0n) is 9.62. The molecule has 0 saturated heterocycles. The molecule has 1 aromatic carbocycles. The number of carbonyl (C=O) groups excluding carboxylic acids is 1. The van der Waals surface area contributed by atoms with Crippen LogP contribution in [0.1, 0.15) is 31.8 Å². The summed E-state index contributed by atoms with van der Waals surface area (Å²) >= 11 is 0. The van der Waals surface area contributed by atoms with Crippen LogP contribution in [0.4, 0.5) is 14.5 Å². The smallest absolute Gasteiger partial charge is 0.263 e. The minimum absolute atomic E-state index is 0.0480. The molecule has 1 unspecified atom stereocenters. The summed E-state index contributed by atoms with van der Waals surface area (Å²) < 4.78 is 24.8. The van der Waals surface area contributed by atoms with Crippen LogP contribution in [0.2, 0.25) is 0 Å². The number of hydrogen-bond acceptors (Lipinski definition) is 2. The predicted octanol–water partition coefficient (Wildman–Crippen LogP) is 2.69. The fourth-order valence-electron chi connectivity index (χ4n) is 1.33. The predicted molar refractivity (Wildman–Crippen MR) is 62.9 cm³/mol. The molecule has 1 rings (SSSR count). The Morgan fingerprint density at radius 3 is 2.76 bits per heavy atom. The van der Waals surface area contributed by atoms with Crippen molar-refractivity contribution in [2.24, 2.45) is 5.73 Å². The standard InChI is InChI=1S/C12H16F2N2O/c1-8(15)5-6-11(17)16-10-4-2-3-9(7-10)12(13)14/h2-4,7-8,12H,5-6,15H2,1H3,(H,16,17). The lowest BCUT2D eigenvalue weighted by molar-refractivity contribution is -0.116. The summed E-state index contributed by atoms with van der Waals surface area (Å²) in [5.74, 6) is -0.214. The Morgan fingerprint density at radius 2 is 2.18 bits per heavy atom. The third-order valence-electron chi connectivity index (χ3n) is 2.25. The van der Waals surface area contributed by atoms with Gasteiger partial charge in [-0.15, -0.1) is 0 Å². The van der Waals surface area contributed by atoms with Crippen LogP contribution in [0.15, 0.2) is 24.3 Å². The highest BCUT2D eigenvalue weighted by molar-refractivity contribution is 5.90. The van der Waals surface area contributed by atoms with Crippen molar-refractivity contribution in [3.63, 3.8) is 0 Å². The maximum atomic E-state index is 12.4. The highest BCUT2D eigenvalue weighted by Gasteiger charge is 2.09. The highest BCUT2D eigenvalue weighted by atomic mass is 19.3. The summed E-state index contributed by atoms with van der Waals surface area (Å²) in [7, 11) is 0. The maximum Gasteiger partial charge on any atom is 0.263 e. The first-order valence-electron chi connectivity index (χ1n) is 5.42. The Labute approximate surface area is 99.0 Å².